The number of benzene rings is 7. The van der Waals surface area contributed by atoms with Crippen LogP contribution in [0.3, 0.4) is 0 Å². The molecule has 9 rings (SSSR count). The van der Waals surface area contributed by atoms with Crippen LogP contribution in [-0.2, 0) is 0 Å². The Balaban J connectivity index is 1.29. The average molecular weight is 661 g/mol. The fourth-order valence-electron chi connectivity index (χ4n) is 8.21. The highest BCUT2D eigenvalue weighted by Gasteiger charge is 2.22. The van der Waals surface area contributed by atoms with Crippen LogP contribution in [0.25, 0.3) is 83.0 Å². The van der Waals surface area contributed by atoms with Crippen LogP contribution in [0.2, 0.25) is 0 Å². The third kappa shape index (κ3) is 5.03. The molecule has 0 bridgehead atoms. The van der Waals surface area contributed by atoms with Gasteiger partial charge in [-0.1, -0.05) is 131 Å². The second kappa shape index (κ2) is 12.6. The van der Waals surface area contributed by atoms with E-state index in [4.69, 9.17) is 4.98 Å². The Morgan fingerprint density at radius 1 is 0.481 bits per heavy atom. The van der Waals surface area contributed by atoms with E-state index in [9.17, 15) is 0 Å². The molecule has 52 heavy (non-hydrogen) atoms. The number of imidazole rings is 1. The highest BCUT2D eigenvalue weighted by Crippen LogP contribution is 2.44. The van der Waals surface area contributed by atoms with Crippen LogP contribution in [0.1, 0.15) is 5.56 Å². The Morgan fingerprint density at radius 2 is 1.02 bits per heavy atom. The molecule has 0 amide bonds. The Kier molecular flexibility index (Phi) is 7.73. The summed E-state index contributed by atoms with van der Waals surface area (Å²) in [6, 6.07) is 48.2. The van der Waals surface area contributed by atoms with Gasteiger partial charge in [-0.25, -0.2) is 4.98 Å². The van der Waals surface area contributed by atoms with Gasteiger partial charge in [0.2, 0.25) is 0 Å². The van der Waals surface area contributed by atoms with Crippen molar-refractivity contribution in [3.8, 4) is 50.5 Å². The van der Waals surface area contributed by atoms with Crippen molar-refractivity contribution < 1.29 is 0 Å². The number of aromatic nitrogens is 3. The van der Waals surface area contributed by atoms with E-state index in [-0.39, 0.29) is 0 Å². The van der Waals surface area contributed by atoms with E-state index in [1.165, 1.54) is 76.9 Å². The van der Waals surface area contributed by atoms with Gasteiger partial charge in [0.05, 0.1) is 11.0 Å². The monoisotopic (exact) mass is 661 g/mol. The lowest BCUT2D eigenvalue weighted by molar-refractivity contribution is 1.12. The molecule has 2 heterocycles. The molecule has 7 aromatic carbocycles. The van der Waals surface area contributed by atoms with E-state index >= 15 is 0 Å². The highest BCUT2D eigenvalue weighted by atomic mass is 15.1. The summed E-state index contributed by atoms with van der Waals surface area (Å²) in [4.78, 5) is 9.71. The largest absolute Gasteiger partial charge is 0.293 e. The molecule has 3 nitrogen and oxygen atoms in total. The third-order valence-corrected chi connectivity index (χ3v) is 11.2. The topological polar surface area (TPSA) is 30.7 Å². The smallest absolute Gasteiger partial charge is 0.145 e. The number of rotatable bonds is 5. The van der Waals surface area contributed by atoms with E-state index in [1.54, 1.807) is 0 Å². The van der Waals surface area contributed by atoms with Crippen molar-refractivity contribution in [2.75, 3.05) is 0 Å². The minimum Gasteiger partial charge on any atom is -0.293 e. The number of hydrogen-bond donors (Lipinski definition) is 0. The molecule has 9 aromatic rings. The van der Waals surface area contributed by atoms with Crippen LogP contribution in [0.4, 0.5) is 0 Å². The summed E-state index contributed by atoms with van der Waals surface area (Å²) in [7, 11) is 8.99. The standard InChI is InChI=1S/C45H35B4N3/c1-26-40(46)42(48)43(49)44(41(26)47)52-37-21-7-6-20-36(37)51-45(52)30-14-9-13-29(24-30)39-34-18-4-2-16-32(34)38(33-17-3-5-19-35(33)39)28-12-8-11-27(23-28)31-15-10-22-50-25-31/h2-25H,46-49H2,1H3. The summed E-state index contributed by atoms with van der Waals surface area (Å²) < 4.78 is 2.40. The van der Waals surface area contributed by atoms with Crippen LogP contribution >= 0.6 is 0 Å². The Morgan fingerprint density at radius 3 is 1.63 bits per heavy atom. The summed E-state index contributed by atoms with van der Waals surface area (Å²) in [6.07, 6.45) is 3.76. The van der Waals surface area contributed by atoms with Crippen molar-refractivity contribution in [3.63, 3.8) is 0 Å². The SMILES string of the molecule is Bc1c(B)c(C)c(B)c(-n2c(-c3cccc(-c4c5ccccc5c(-c5cccc(-c6cccnc6)c5)c5ccccc45)c3)nc3ccccc32)c1B. The zero-order valence-electron chi connectivity index (χ0n) is 30.2. The van der Waals surface area contributed by atoms with E-state index in [2.05, 4.69) is 175 Å². The molecular formula is C45H35B4N3. The van der Waals surface area contributed by atoms with E-state index in [1.807, 2.05) is 18.5 Å². The van der Waals surface area contributed by atoms with E-state index in [0.29, 0.717) is 0 Å². The maximum Gasteiger partial charge on any atom is 0.145 e. The van der Waals surface area contributed by atoms with Crippen molar-refractivity contribution >= 4 is 85.8 Å². The van der Waals surface area contributed by atoms with Crippen molar-refractivity contribution in [1.29, 1.82) is 0 Å². The van der Waals surface area contributed by atoms with Gasteiger partial charge in [0.1, 0.15) is 37.2 Å². The first-order valence-electron chi connectivity index (χ1n) is 18.0. The zero-order chi connectivity index (χ0) is 35.5. The maximum atomic E-state index is 5.33. The summed E-state index contributed by atoms with van der Waals surface area (Å²) in [5.41, 5.74) is 18.1. The van der Waals surface area contributed by atoms with E-state index < -0.39 is 0 Å². The number of pyridine rings is 1. The molecule has 0 saturated carbocycles. The molecule has 0 saturated heterocycles. The van der Waals surface area contributed by atoms with Crippen LogP contribution in [0.15, 0.2) is 146 Å². The summed E-state index contributed by atoms with van der Waals surface area (Å²) in [5, 5.41) is 4.92. The quantitative estimate of drug-likeness (QED) is 0.197. The zero-order valence-corrected chi connectivity index (χ0v) is 30.2. The molecule has 0 fully saturated rings. The van der Waals surface area contributed by atoms with Crippen molar-refractivity contribution in [1.82, 2.24) is 14.5 Å². The first-order chi connectivity index (χ1) is 25.4. The molecule has 2 aromatic heterocycles. The minimum atomic E-state index is 0.953. The van der Waals surface area contributed by atoms with Crippen molar-refractivity contribution in [2.24, 2.45) is 0 Å². The summed E-state index contributed by atoms with van der Waals surface area (Å²) in [6.45, 7) is 2.25. The average Bonchev–Trinajstić information content (AvgIpc) is 3.58. The lowest BCUT2D eigenvalue weighted by atomic mass is 9.66. The van der Waals surface area contributed by atoms with Crippen LogP contribution in [0, 0.1) is 6.92 Å². The van der Waals surface area contributed by atoms with Gasteiger partial charge in [0.25, 0.3) is 0 Å². The molecule has 0 radical (unpaired) electrons. The molecule has 242 valence electrons. The maximum absolute atomic E-state index is 5.33. The first kappa shape index (κ1) is 31.9. The van der Waals surface area contributed by atoms with Gasteiger partial charge in [0, 0.05) is 29.2 Å². The van der Waals surface area contributed by atoms with Crippen LogP contribution in [0.5, 0.6) is 0 Å². The molecule has 0 unspecified atom stereocenters. The molecule has 0 atom stereocenters. The number of nitrogens with zero attached hydrogens (tertiary/aromatic N) is 3. The highest BCUT2D eigenvalue weighted by molar-refractivity contribution is 6.61. The molecule has 0 aliphatic heterocycles. The van der Waals surface area contributed by atoms with Gasteiger partial charge in [-0.15, -0.1) is 0 Å². The number of hydrogen-bond acceptors (Lipinski definition) is 2. The van der Waals surface area contributed by atoms with Gasteiger partial charge in [0.15, 0.2) is 0 Å². The van der Waals surface area contributed by atoms with Gasteiger partial charge in [-0.2, -0.15) is 0 Å². The second-order valence-electron chi connectivity index (χ2n) is 14.0. The van der Waals surface area contributed by atoms with Crippen LogP contribution in [-0.4, -0.2) is 45.9 Å². The normalized spacial score (nSPS) is 11.5. The minimum absolute atomic E-state index is 0.953. The number of para-hydroxylation sites is 2. The molecule has 0 N–H and O–H groups in total. The van der Waals surface area contributed by atoms with Gasteiger partial charge >= 0.3 is 0 Å². The molecule has 0 aliphatic carbocycles. The first-order valence-corrected chi connectivity index (χ1v) is 18.0. The predicted octanol–water partition coefficient (Wildman–Crippen LogP) is 4.74. The van der Waals surface area contributed by atoms with Gasteiger partial charge < -0.3 is 0 Å². The van der Waals surface area contributed by atoms with E-state index in [0.717, 1.165) is 33.5 Å². The molecule has 7 heteroatoms. The second-order valence-corrected chi connectivity index (χ2v) is 14.0. The lowest BCUT2D eigenvalue weighted by Crippen LogP contribution is -2.47. The Labute approximate surface area is 308 Å². The third-order valence-electron chi connectivity index (χ3n) is 11.2. The fraction of sp³-hybridized carbons (Fsp3) is 0.0222. The summed E-state index contributed by atoms with van der Waals surface area (Å²) in [5.74, 6) is 0.953. The van der Waals surface area contributed by atoms with Crippen LogP contribution < -0.4 is 21.9 Å². The van der Waals surface area contributed by atoms with Gasteiger partial charge in [-0.3, -0.25) is 9.55 Å². The predicted molar refractivity (Wildman–Crippen MR) is 233 cm³/mol. The molecule has 0 aliphatic rings. The van der Waals surface area contributed by atoms with Gasteiger partial charge in [-0.05, 0) is 86.6 Å². The fourth-order valence-corrected chi connectivity index (χ4v) is 8.21. The number of fused-ring (bicyclic) bond motifs is 3. The summed E-state index contributed by atoms with van der Waals surface area (Å²) >= 11 is 0. The lowest BCUT2D eigenvalue weighted by Gasteiger charge is -2.23. The Hall–Kier alpha value is -6.06. The Bertz CT molecular complexity index is 2770. The molecule has 0 spiro atoms. The molecular weight excluding hydrogens is 626 g/mol. The van der Waals surface area contributed by atoms with Crippen molar-refractivity contribution in [2.45, 2.75) is 6.92 Å². The van der Waals surface area contributed by atoms with Crippen molar-refractivity contribution in [3.05, 3.63) is 151 Å².